The van der Waals surface area contributed by atoms with Gasteiger partial charge in [0.05, 0.1) is 0 Å². The predicted molar refractivity (Wildman–Crippen MR) is 70.6 cm³/mol. The van der Waals surface area contributed by atoms with Gasteiger partial charge < -0.3 is 15.9 Å². The van der Waals surface area contributed by atoms with E-state index in [2.05, 4.69) is 13.8 Å². The van der Waals surface area contributed by atoms with E-state index in [9.17, 15) is 9.90 Å². The van der Waals surface area contributed by atoms with E-state index in [4.69, 9.17) is 10.8 Å². The third kappa shape index (κ3) is 3.74. The fourth-order valence-corrected chi connectivity index (χ4v) is 1.85. The van der Waals surface area contributed by atoms with E-state index in [-0.39, 0.29) is 12.2 Å². The van der Waals surface area contributed by atoms with Gasteiger partial charge >= 0.3 is 5.97 Å². The number of aliphatic carboxylic acids is 1. The number of hydrogen-bond donors (Lipinski definition) is 3. The van der Waals surface area contributed by atoms with E-state index in [0.717, 1.165) is 17.5 Å². The molecule has 0 aliphatic heterocycles. The Kier molecular flexibility index (Phi) is 4.35. The second-order valence-corrected chi connectivity index (χ2v) is 5.46. The minimum atomic E-state index is -1.29. The summed E-state index contributed by atoms with van der Waals surface area (Å²) in [6, 6.07) is 5.15. The number of carbonyl (C=O) groups is 1. The topological polar surface area (TPSA) is 83.6 Å². The highest BCUT2D eigenvalue weighted by molar-refractivity contribution is 5.78. The summed E-state index contributed by atoms with van der Waals surface area (Å²) in [7, 11) is 0. The van der Waals surface area contributed by atoms with Gasteiger partial charge in [0.15, 0.2) is 0 Å². The predicted octanol–water partition coefficient (Wildman–Crippen LogP) is 1.94. The lowest BCUT2D eigenvalue weighted by molar-refractivity contribution is -0.142. The minimum Gasteiger partial charge on any atom is -0.508 e. The molecule has 4 nitrogen and oxygen atoms in total. The van der Waals surface area contributed by atoms with Crippen LogP contribution in [0.2, 0.25) is 0 Å². The van der Waals surface area contributed by atoms with Crippen molar-refractivity contribution in [1.82, 2.24) is 0 Å². The number of phenols is 1. The lowest BCUT2D eigenvalue weighted by atomic mass is 9.91. The lowest BCUT2D eigenvalue weighted by Gasteiger charge is -2.20. The zero-order valence-electron chi connectivity index (χ0n) is 11.1. The molecule has 0 aliphatic rings. The number of benzene rings is 1. The van der Waals surface area contributed by atoms with Crippen molar-refractivity contribution in [2.45, 2.75) is 39.2 Å². The zero-order valence-corrected chi connectivity index (χ0v) is 11.1. The number of rotatable bonds is 5. The Morgan fingerprint density at radius 3 is 2.56 bits per heavy atom. The minimum absolute atomic E-state index is 0.244. The maximum absolute atomic E-state index is 11.0. The third-order valence-corrected chi connectivity index (χ3v) is 2.83. The van der Waals surface area contributed by atoms with Gasteiger partial charge in [-0.2, -0.15) is 0 Å². The van der Waals surface area contributed by atoms with Crippen molar-refractivity contribution >= 4 is 5.97 Å². The number of hydrogen-bond acceptors (Lipinski definition) is 3. The maximum atomic E-state index is 11.0. The van der Waals surface area contributed by atoms with Crippen molar-refractivity contribution in [2.75, 3.05) is 0 Å². The first kappa shape index (κ1) is 14.5. The number of nitrogens with two attached hydrogens (primary N) is 1. The summed E-state index contributed by atoms with van der Waals surface area (Å²) in [5, 5.41) is 18.7. The van der Waals surface area contributed by atoms with Gasteiger partial charge in [0, 0.05) is 6.42 Å². The molecule has 0 saturated heterocycles. The van der Waals surface area contributed by atoms with Crippen molar-refractivity contribution < 1.29 is 15.0 Å². The van der Waals surface area contributed by atoms with Crippen LogP contribution < -0.4 is 5.73 Å². The molecular formula is C14H21NO3. The van der Waals surface area contributed by atoms with Crippen LogP contribution in [-0.2, 0) is 17.6 Å². The molecule has 0 radical (unpaired) electrons. The lowest BCUT2D eigenvalue weighted by Crippen LogP contribution is -2.46. The third-order valence-electron chi connectivity index (χ3n) is 2.83. The Hall–Kier alpha value is -1.55. The largest absolute Gasteiger partial charge is 0.508 e. The van der Waals surface area contributed by atoms with Gasteiger partial charge in [0.1, 0.15) is 11.3 Å². The number of carboxylic acid groups (broad SMARTS) is 1. The van der Waals surface area contributed by atoms with Crippen LogP contribution in [-0.4, -0.2) is 21.7 Å². The summed E-state index contributed by atoms with van der Waals surface area (Å²) in [6.07, 6.45) is 1.00. The molecule has 0 saturated carbocycles. The van der Waals surface area contributed by atoms with E-state index in [1.54, 1.807) is 12.1 Å². The normalized spacial score (nSPS) is 14.5. The molecule has 1 aromatic rings. The highest BCUT2D eigenvalue weighted by Crippen LogP contribution is 2.23. The Labute approximate surface area is 107 Å². The molecule has 0 amide bonds. The van der Waals surface area contributed by atoms with Crippen molar-refractivity contribution in [1.29, 1.82) is 0 Å². The number of carboxylic acids is 1. The van der Waals surface area contributed by atoms with Gasteiger partial charge in [-0.3, -0.25) is 4.79 Å². The van der Waals surface area contributed by atoms with Crippen LogP contribution in [0.1, 0.15) is 31.9 Å². The smallest absolute Gasteiger partial charge is 0.323 e. The molecule has 100 valence electrons. The van der Waals surface area contributed by atoms with E-state index in [0.29, 0.717) is 5.92 Å². The highest BCUT2D eigenvalue weighted by atomic mass is 16.4. The fourth-order valence-electron chi connectivity index (χ4n) is 1.85. The molecule has 0 bridgehead atoms. The van der Waals surface area contributed by atoms with Gasteiger partial charge in [-0.15, -0.1) is 0 Å². The maximum Gasteiger partial charge on any atom is 0.323 e. The standard InChI is InChI=1S/C14H21NO3/c1-9(2)6-11-7-10(4-5-12(11)16)8-14(3,15)13(17)18/h4-5,7,9,16H,6,8,15H2,1-3H3,(H,17,18)/t14-/m0/s1. The van der Waals surface area contributed by atoms with Crippen molar-refractivity contribution in [2.24, 2.45) is 11.7 Å². The van der Waals surface area contributed by atoms with Crippen LogP contribution in [0.15, 0.2) is 18.2 Å². The van der Waals surface area contributed by atoms with Gasteiger partial charge in [-0.05, 0) is 36.5 Å². The molecule has 4 heteroatoms. The molecule has 0 aliphatic carbocycles. The average Bonchev–Trinajstić information content (AvgIpc) is 2.21. The number of aromatic hydroxyl groups is 1. The highest BCUT2D eigenvalue weighted by Gasteiger charge is 2.28. The molecule has 0 unspecified atom stereocenters. The average molecular weight is 251 g/mol. The fraction of sp³-hybridized carbons (Fsp3) is 0.500. The molecule has 0 spiro atoms. The second-order valence-electron chi connectivity index (χ2n) is 5.46. The number of phenolic OH excluding ortho intramolecular Hbond substituents is 1. The first-order chi connectivity index (χ1) is 8.22. The van der Waals surface area contributed by atoms with Crippen LogP contribution in [0.3, 0.4) is 0 Å². The summed E-state index contributed by atoms with van der Waals surface area (Å²) in [4.78, 5) is 11.0. The van der Waals surface area contributed by atoms with Crippen molar-refractivity contribution in [3.8, 4) is 5.75 Å². The van der Waals surface area contributed by atoms with E-state index >= 15 is 0 Å². The SMILES string of the molecule is CC(C)Cc1cc(C[C@](C)(N)C(=O)O)ccc1O. The Bertz CT molecular complexity index is 439. The summed E-state index contributed by atoms with van der Waals surface area (Å²) >= 11 is 0. The van der Waals surface area contributed by atoms with Crippen LogP contribution in [0.4, 0.5) is 0 Å². The molecular weight excluding hydrogens is 230 g/mol. The monoisotopic (exact) mass is 251 g/mol. The molecule has 4 N–H and O–H groups in total. The zero-order chi connectivity index (χ0) is 13.9. The van der Waals surface area contributed by atoms with Crippen LogP contribution >= 0.6 is 0 Å². The van der Waals surface area contributed by atoms with E-state index in [1.165, 1.54) is 6.92 Å². The summed E-state index contributed by atoms with van der Waals surface area (Å²) in [6.45, 7) is 5.62. The Balaban J connectivity index is 2.95. The molecule has 1 atom stereocenters. The van der Waals surface area contributed by atoms with Crippen molar-refractivity contribution in [3.63, 3.8) is 0 Å². The summed E-state index contributed by atoms with van der Waals surface area (Å²) < 4.78 is 0. The Morgan fingerprint density at radius 1 is 1.44 bits per heavy atom. The van der Waals surface area contributed by atoms with E-state index in [1.807, 2.05) is 6.07 Å². The summed E-state index contributed by atoms with van der Waals surface area (Å²) in [5.41, 5.74) is 6.10. The molecule has 18 heavy (non-hydrogen) atoms. The van der Waals surface area contributed by atoms with Gasteiger partial charge in [-0.1, -0.05) is 26.0 Å². The first-order valence-corrected chi connectivity index (χ1v) is 6.05. The van der Waals surface area contributed by atoms with E-state index < -0.39 is 11.5 Å². The van der Waals surface area contributed by atoms with Crippen LogP contribution in [0.5, 0.6) is 5.75 Å². The Morgan fingerprint density at radius 2 is 2.06 bits per heavy atom. The molecule has 0 fully saturated rings. The molecule has 1 rings (SSSR count). The quantitative estimate of drug-likeness (QED) is 0.746. The second kappa shape index (κ2) is 5.40. The molecule has 1 aromatic carbocycles. The van der Waals surface area contributed by atoms with Crippen LogP contribution in [0.25, 0.3) is 0 Å². The van der Waals surface area contributed by atoms with Gasteiger partial charge in [0.25, 0.3) is 0 Å². The van der Waals surface area contributed by atoms with Crippen LogP contribution in [0, 0.1) is 5.92 Å². The summed E-state index contributed by atoms with van der Waals surface area (Å²) in [5.74, 6) is -0.350. The molecule has 0 aromatic heterocycles. The van der Waals surface area contributed by atoms with Crippen molar-refractivity contribution in [3.05, 3.63) is 29.3 Å². The van der Waals surface area contributed by atoms with Gasteiger partial charge in [0.2, 0.25) is 0 Å². The van der Waals surface area contributed by atoms with Gasteiger partial charge in [-0.25, -0.2) is 0 Å². The first-order valence-electron chi connectivity index (χ1n) is 6.05. The molecule has 0 heterocycles.